The fourth-order valence-electron chi connectivity index (χ4n) is 2.10. The van der Waals surface area contributed by atoms with E-state index in [9.17, 15) is 9.00 Å². The average Bonchev–Trinajstić information content (AvgIpc) is 2.80. The maximum Gasteiger partial charge on any atom is 0.228 e. The van der Waals surface area contributed by atoms with Crippen molar-refractivity contribution in [1.29, 1.82) is 4.78 Å². The summed E-state index contributed by atoms with van der Waals surface area (Å²) in [4.78, 5) is 13.7. The number of carbonyl (C=O) groups is 1. The maximum atomic E-state index is 12.0. The highest BCUT2D eigenvalue weighted by Crippen LogP contribution is 2.46. The van der Waals surface area contributed by atoms with Crippen molar-refractivity contribution in [2.45, 2.75) is 32.2 Å². The van der Waals surface area contributed by atoms with Gasteiger partial charge in [0.05, 0.1) is 5.75 Å². The van der Waals surface area contributed by atoms with Crippen LogP contribution < -0.4 is 0 Å². The summed E-state index contributed by atoms with van der Waals surface area (Å²) in [5.41, 5.74) is -0.153. The van der Waals surface area contributed by atoms with Gasteiger partial charge in [-0.3, -0.25) is 9.57 Å². The van der Waals surface area contributed by atoms with Gasteiger partial charge in [0.1, 0.15) is 0 Å². The largest absolute Gasteiger partial charge is 0.341 e. The van der Waals surface area contributed by atoms with Gasteiger partial charge in [0, 0.05) is 34.0 Å². The number of rotatable bonds is 2. The first-order chi connectivity index (χ1) is 6.84. The van der Waals surface area contributed by atoms with Crippen LogP contribution in [0.25, 0.3) is 0 Å². The SMILES string of the molecule is CN(C(=O)C1(C)CC1)C1CCS(=N)(=O)C1. The lowest BCUT2D eigenvalue weighted by Gasteiger charge is -2.26. The zero-order chi connectivity index (χ0) is 11.3. The number of hydrogen-bond acceptors (Lipinski definition) is 3. The first-order valence-electron chi connectivity index (χ1n) is 5.35. The monoisotopic (exact) mass is 230 g/mol. The summed E-state index contributed by atoms with van der Waals surface area (Å²) >= 11 is 0. The first-order valence-corrected chi connectivity index (χ1v) is 7.25. The predicted octanol–water partition coefficient (Wildman–Crippen LogP) is 1.06. The molecule has 2 fully saturated rings. The second-order valence-corrected chi connectivity index (χ2v) is 7.47. The molecule has 5 heteroatoms. The van der Waals surface area contributed by atoms with Crippen LogP contribution in [0.2, 0.25) is 0 Å². The molecule has 2 aliphatic rings. The number of nitrogens with one attached hydrogen (secondary N) is 1. The fraction of sp³-hybridized carbons (Fsp3) is 0.900. The number of nitrogens with zero attached hydrogens (tertiary/aromatic N) is 1. The van der Waals surface area contributed by atoms with E-state index in [1.807, 2.05) is 6.92 Å². The summed E-state index contributed by atoms with van der Waals surface area (Å²) in [6.07, 6.45) is 2.67. The van der Waals surface area contributed by atoms with Gasteiger partial charge in [0.15, 0.2) is 0 Å². The van der Waals surface area contributed by atoms with Gasteiger partial charge in [0.25, 0.3) is 0 Å². The molecule has 2 rings (SSSR count). The van der Waals surface area contributed by atoms with E-state index in [4.69, 9.17) is 4.78 Å². The molecular weight excluding hydrogens is 212 g/mol. The maximum absolute atomic E-state index is 12.0. The topological polar surface area (TPSA) is 61.2 Å². The third-order valence-electron chi connectivity index (χ3n) is 3.63. The molecule has 0 aromatic heterocycles. The minimum atomic E-state index is -2.39. The molecule has 0 spiro atoms. The van der Waals surface area contributed by atoms with Crippen molar-refractivity contribution < 1.29 is 9.00 Å². The first kappa shape index (κ1) is 10.9. The Hall–Kier alpha value is -0.580. The minimum absolute atomic E-state index is 0.0277. The molecule has 15 heavy (non-hydrogen) atoms. The van der Waals surface area contributed by atoms with Crippen LogP contribution >= 0.6 is 0 Å². The highest BCUT2D eigenvalue weighted by atomic mass is 32.2. The van der Waals surface area contributed by atoms with Gasteiger partial charge in [-0.2, -0.15) is 0 Å². The van der Waals surface area contributed by atoms with Gasteiger partial charge in [-0.15, -0.1) is 0 Å². The van der Waals surface area contributed by atoms with Gasteiger partial charge in [-0.05, 0) is 19.3 Å². The van der Waals surface area contributed by atoms with E-state index in [1.165, 1.54) is 0 Å². The number of hydrogen-bond donors (Lipinski definition) is 1. The van der Waals surface area contributed by atoms with Gasteiger partial charge in [0.2, 0.25) is 5.91 Å². The summed E-state index contributed by atoms with van der Waals surface area (Å²) in [5.74, 6) is 0.988. The lowest BCUT2D eigenvalue weighted by atomic mass is 10.1. The molecule has 1 amide bonds. The zero-order valence-corrected chi connectivity index (χ0v) is 10.1. The number of carbonyl (C=O) groups excluding carboxylic acids is 1. The summed E-state index contributed by atoms with van der Waals surface area (Å²) in [6, 6.07) is 0.0277. The second-order valence-electron chi connectivity index (χ2n) is 5.10. The summed E-state index contributed by atoms with van der Waals surface area (Å²) in [5, 5.41) is 0. The van der Waals surface area contributed by atoms with E-state index >= 15 is 0 Å². The molecule has 0 aromatic carbocycles. The third kappa shape index (κ3) is 2.02. The second kappa shape index (κ2) is 3.20. The summed E-state index contributed by atoms with van der Waals surface area (Å²) < 4.78 is 19.0. The van der Waals surface area contributed by atoms with Crippen molar-refractivity contribution in [2.75, 3.05) is 18.6 Å². The van der Waals surface area contributed by atoms with E-state index in [1.54, 1.807) is 11.9 Å². The van der Waals surface area contributed by atoms with Crippen LogP contribution in [-0.4, -0.2) is 39.6 Å². The summed E-state index contributed by atoms with van der Waals surface area (Å²) in [6.45, 7) is 1.98. The van der Waals surface area contributed by atoms with E-state index in [0.717, 1.165) is 19.3 Å². The predicted molar refractivity (Wildman–Crippen MR) is 59.1 cm³/mol. The Morgan fingerprint density at radius 1 is 1.53 bits per heavy atom. The smallest absolute Gasteiger partial charge is 0.228 e. The molecule has 0 aromatic rings. The van der Waals surface area contributed by atoms with E-state index < -0.39 is 9.73 Å². The highest BCUT2D eigenvalue weighted by molar-refractivity contribution is 7.92. The highest BCUT2D eigenvalue weighted by Gasteiger charge is 2.48. The molecule has 1 saturated heterocycles. The third-order valence-corrected chi connectivity index (χ3v) is 5.45. The molecule has 1 saturated carbocycles. The molecule has 0 radical (unpaired) electrons. The fourth-order valence-corrected chi connectivity index (χ4v) is 3.93. The van der Waals surface area contributed by atoms with Crippen molar-refractivity contribution >= 4 is 15.6 Å². The molecule has 4 nitrogen and oxygen atoms in total. The van der Waals surface area contributed by atoms with Crippen LogP contribution in [0.3, 0.4) is 0 Å². The van der Waals surface area contributed by atoms with Crippen LogP contribution in [0.4, 0.5) is 0 Å². The zero-order valence-electron chi connectivity index (χ0n) is 9.28. The van der Waals surface area contributed by atoms with Crippen molar-refractivity contribution in [2.24, 2.45) is 5.41 Å². The van der Waals surface area contributed by atoms with E-state index in [-0.39, 0.29) is 17.4 Å². The molecule has 2 atom stereocenters. The van der Waals surface area contributed by atoms with E-state index in [0.29, 0.717) is 11.5 Å². The Morgan fingerprint density at radius 2 is 2.13 bits per heavy atom. The molecule has 2 unspecified atom stereocenters. The lowest BCUT2D eigenvalue weighted by Crippen LogP contribution is -2.41. The molecule has 86 valence electrons. The Morgan fingerprint density at radius 3 is 2.53 bits per heavy atom. The quantitative estimate of drug-likeness (QED) is 0.771. The number of amides is 1. The van der Waals surface area contributed by atoms with Gasteiger partial charge >= 0.3 is 0 Å². The standard InChI is InChI=1S/C10H18N2O2S/c1-10(4-5-10)9(13)12(2)8-3-6-15(11,14)7-8/h8,11H,3-7H2,1-2H3. The van der Waals surface area contributed by atoms with Crippen LogP contribution in [0.5, 0.6) is 0 Å². The van der Waals surface area contributed by atoms with Crippen molar-refractivity contribution in [3.8, 4) is 0 Å². The van der Waals surface area contributed by atoms with Crippen LogP contribution in [0.15, 0.2) is 0 Å². The van der Waals surface area contributed by atoms with Crippen LogP contribution in [0.1, 0.15) is 26.2 Å². The molecule has 0 bridgehead atoms. The summed E-state index contributed by atoms with van der Waals surface area (Å²) in [7, 11) is -0.604. The molecule has 1 aliphatic carbocycles. The van der Waals surface area contributed by atoms with Gasteiger partial charge in [-0.25, -0.2) is 4.21 Å². The Balaban J connectivity index is 2.03. The Kier molecular flexibility index (Phi) is 2.33. The van der Waals surface area contributed by atoms with Crippen molar-refractivity contribution in [1.82, 2.24) is 4.90 Å². The minimum Gasteiger partial charge on any atom is -0.341 e. The Bertz CT molecular complexity index is 384. The average molecular weight is 230 g/mol. The molecule has 1 heterocycles. The van der Waals surface area contributed by atoms with Gasteiger partial charge < -0.3 is 4.90 Å². The van der Waals surface area contributed by atoms with Crippen molar-refractivity contribution in [3.63, 3.8) is 0 Å². The van der Waals surface area contributed by atoms with E-state index in [2.05, 4.69) is 0 Å². The normalized spacial score (nSPS) is 37.6. The Labute approximate surface area is 91.0 Å². The van der Waals surface area contributed by atoms with Gasteiger partial charge in [-0.1, -0.05) is 6.92 Å². The molecule has 1 N–H and O–H groups in total. The van der Waals surface area contributed by atoms with Crippen molar-refractivity contribution in [3.05, 3.63) is 0 Å². The van der Waals surface area contributed by atoms with Crippen LogP contribution in [0, 0.1) is 10.2 Å². The lowest BCUT2D eigenvalue weighted by molar-refractivity contribution is -0.136. The molecular formula is C10H18N2O2S. The molecule has 1 aliphatic heterocycles. The van der Waals surface area contributed by atoms with Crippen LogP contribution in [-0.2, 0) is 14.5 Å².